The van der Waals surface area contributed by atoms with Crippen LogP contribution in [-0.2, 0) is 0 Å². The molecule has 0 saturated heterocycles. The van der Waals surface area contributed by atoms with Crippen LogP contribution in [0.3, 0.4) is 0 Å². The Balaban J connectivity index is 2.44. The Morgan fingerprint density at radius 2 is 1.55 bits per heavy atom. The number of rotatable bonds is 3. The summed E-state index contributed by atoms with van der Waals surface area (Å²) in [6.45, 7) is 0. The van der Waals surface area contributed by atoms with Crippen molar-refractivity contribution in [3.8, 4) is 0 Å². The third kappa shape index (κ3) is 3.33. The van der Waals surface area contributed by atoms with Crippen molar-refractivity contribution in [3.05, 3.63) is 61.5 Å². The zero-order valence-corrected chi connectivity index (χ0v) is 12.9. The smallest absolute Gasteiger partial charge is 0.151 e. The van der Waals surface area contributed by atoms with E-state index in [-0.39, 0.29) is 5.02 Å². The Bertz CT molecular complexity index is 678. The first-order chi connectivity index (χ1) is 9.52. The summed E-state index contributed by atoms with van der Waals surface area (Å²) in [5, 5.41) is 1.56. The molecule has 0 fully saturated rings. The fraction of sp³-hybridized carbons (Fsp3) is 0. The van der Waals surface area contributed by atoms with Gasteiger partial charge in [-0.3, -0.25) is 9.79 Å². The highest BCUT2D eigenvalue weighted by Gasteiger charge is 2.07. The van der Waals surface area contributed by atoms with Crippen molar-refractivity contribution in [2.75, 3.05) is 0 Å². The number of nitrogens with zero attached hydrogens (tertiary/aromatic N) is 1. The van der Waals surface area contributed by atoms with Gasteiger partial charge in [0.05, 0.1) is 25.8 Å². The van der Waals surface area contributed by atoms with Gasteiger partial charge in [0.2, 0.25) is 0 Å². The molecule has 6 heteroatoms. The Morgan fingerprint density at radius 1 is 0.900 bits per heavy atom. The van der Waals surface area contributed by atoms with Crippen LogP contribution in [0.5, 0.6) is 0 Å². The largest absolute Gasteiger partial charge is 0.298 e. The van der Waals surface area contributed by atoms with Crippen LogP contribution in [0, 0.1) is 0 Å². The van der Waals surface area contributed by atoms with Gasteiger partial charge in [0.15, 0.2) is 6.29 Å². The lowest BCUT2D eigenvalue weighted by molar-refractivity contribution is 0.112. The Morgan fingerprint density at radius 3 is 2.15 bits per heavy atom. The van der Waals surface area contributed by atoms with E-state index in [1.165, 1.54) is 18.3 Å². The third-order valence-corrected chi connectivity index (χ3v) is 3.81. The van der Waals surface area contributed by atoms with Gasteiger partial charge >= 0.3 is 0 Å². The Labute approximate surface area is 135 Å². The molecule has 0 amide bonds. The summed E-state index contributed by atoms with van der Waals surface area (Å²) in [5.41, 5.74) is 1.30. The molecule has 0 aliphatic carbocycles. The first-order valence-corrected chi connectivity index (χ1v) is 6.96. The van der Waals surface area contributed by atoms with Crippen molar-refractivity contribution < 1.29 is 4.79 Å². The van der Waals surface area contributed by atoms with Crippen molar-refractivity contribution in [2.45, 2.75) is 0 Å². The minimum absolute atomic E-state index is 0.278. The molecule has 2 aromatic carbocycles. The van der Waals surface area contributed by atoms with Crippen LogP contribution >= 0.6 is 46.4 Å². The second-order valence-electron chi connectivity index (χ2n) is 3.84. The molecule has 0 spiro atoms. The molecule has 0 bridgehead atoms. The standard InChI is InChI=1S/C14H7Cl4NO/c15-10-2-1-3-11(16)9(10)6-19-14-4-8(7-20)12(17)5-13(14)18/h1-7H. The minimum atomic E-state index is 0.278. The molecule has 2 aromatic rings. The molecule has 0 aliphatic heterocycles. The van der Waals surface area contributed by atoms with Crippen LogP contribution in [0.4, 0.5) is 5.69 Å². The fourth-order valence-electron chi connectivity index (χ4n) is 1.51. The second-order valence-corrected chi connectivity index (χ2v) is 5.47. The van der Waals surface area contributed by atoms with Crippen LogP contribution in [0.25, 0.3) is 0 Å². The maximum Gasteiger partial charge on any atom is 0.151 e. The fourth-order valence-corrected chi connectivity index (χ4v) is 2.48. The zero-order valence-electron chi connectivity index (χ0n) is 9.91. The SMILES string of the molecule is O=Cc1cc(N=Cc2c(Cl)cccc2Cl)c(Cl)cc1Cl. The average molecular weight is 347 g/mol. The molecule has 0 radical (unpaired) electrons. The molecule has 0 saturated carbocycles. The van der Waals surface area contributed by atoms with E-state index in [1.54, 1.807) is 18.2 Å². The number of halogens is 4. The maximum absolute atomic E-state index is 10.9. The second kappa shape index (κ2) is 6.59. The van der Waals surface area contributed by atoms with Crippen LogP contribution in [0.2, 0.25) is 20.1 Å². The van der Waals surface area contributed by atoms with E-state index in [0.717, 1.165) is 0 Å². The van der Waals surface area contributed by atoms with Gasteiger partial charge < -0.3 is 0 Å². The van der Waals surface area contributed by atoms with Gasteiger partial charge in [-0.1, -0.05) is 52.5 Å². The van der Waals surface area contributed by atoms with E-state index in [2.05, 4.69) is 4.99 Å². The summed E-state index contributed by atoms with van der Waals surface area (Å²) in [6.07, 6.45) is 2.13. The Hall–Kier alpha value is -1.06. The topological polar surface area (TPSA) is 29.4 Å². The molecule has 0 unspecified atom stereocenters. The molecule has 0 aromatic heterocycles. The monoisotopic (exact) mass is 345 g/mol. The van der Waals surface area contributed by atoms with Crippen LogP contribution in [0.15, 0.2) is 35.3 Å². The van der Waals surface area contributed by atoms with Gasteiger partial charge in [-0.15, -0.1) is 0 Å². The third-order valence-electron chi connectivity index (χ3n) is 2.53. The van der Waals surface area contributed by atoms with Crippen LogP contribution < -0.4 is 0 Å². The van der Waals surface area contributed by atoms with Gasteiger partial charge in [0.1, 0.15) is 0 Å². The lowest BCUT2D eigenvalue weighted by atomic mass is 10.2. The highest BCUT2D eigenvalue weighted by atomic mass is 35.5. The van der Waals surface area contributed by atoms with Crippen LogP contribution in [0.1, 0.15) is 15.9 Å². The number of aldehydes is 1. The van der Waals surface area contributed by atoms with Gasteiger partial charge in [0, 0.05) is 17.3 Å². The van der Waals surface area contributed by atoms with E-state index in [0.29, 0.717) is 38.2 Å². The molecule has 0 aliphatic rings. The van der Waals surface area contributed by atoms with E-state index in [9.17, 15) is 4.79 Å². The van der Waals surface area contributed by atoms with Crippen molar-refractivity contribution >= 4 is 64.6 Å². The molecule has 2 rings (SSSR count). The van der Waals surface area contributed by atoms with Gasteiger partial charge in [-0.2, -0.15) is 0 Å². The number of benzene rings is 2. The van der Waals surface area contributed by atoms with E-state index < -0.39 is 0 Å². The molecule has 20 heavy (non-hydrogen) atoms. The van der Waals surface area contributed by atoms with E-state index >= 15 is 0 Å². The van der Waals surface area contributed by atoms with Crippen molar-refractivity contribution in [1.82, 2.24) is 0 Å². The lowest BCUT2D eigenvalue weighted by Crippen LogP contribution is -1.86. The highest BCUT2D eigenvalue weighted by molar-refractivity contribution is 6.39. The minimum Gasteiger partial charge on any atom is -0.298 e. The van der Waals surface area contributed by atoms with Crippen molar-refractivity contribution in [1.29, 1.82) is 0 Å². The number of hydrogen-bond acceptors (Lipinski definition) is 2. The summed E-state index contributed by atoms with van der Waals surface area (Å²) in [5.74, 6) is 0. The van der Waals surface area contributed by atoms with E-state index in [4.69, 9.17) is 46.4 Å². The highest BCUT2D eigenvalue weighted by Crippen LogP contribution is 2.31. The average Bonchev–Trinajstić information content (AvgIpc) is 2.40. The Kier molecular flexibility index (Phi) is 5.06. The van der Waals surface area contributed by atoms with Gasteiger partial charge in [-0.05, 0) is 24.3 Å². The lowest BCUT2D eigenvalue weighted by Gasteiger charge is -2.03. The summed E-state index contributed by atoms with van der Waals surface area (Å²) >= 11 is 24.0. The van der Waals surface area contributed by atoms with E-state index in [1.807, 2.05) is 0 Å². The van der Waals surface area contributed by atoms with Gasteiger partial charge in [0.25, 0.3) is 0 Å². The van der Waals surface area contributed by atoms with Gasteiger partial charge in [-0.25, -0.2) is 0 Å². The first kappa shape index (κ1) is 15.3. The molecular weight excluding hydrogens is 340 g/mol. The first-order valence-electron chi connectivity index (χ1n) is 5.45. The zero-order chi connectivity index (χ0) is 14.7. The summed E-state index contributed by atoms with van der Waals surface area (Å²) in [7, 11) is 0. The molecule has 102 valence electrons. The quantitative estimate of drug-likeness (QED) is 0.505. The summed E-state index contributed by atoms with van der Waals surface area (Å²) in [4.78, 5) is 15.1. The molecule has 2 nitrogen and oxygen atoms in total. The predicted molar refractivity (Wildman–Crippen MR) is 85.6 cm³/mol. The van der Waals surface area contributed by atoms with Crippen molar-refractivity contribution in [3.63, 3.8) is 0 Å². The molecule has 0 atom stereocenters. The van der Waals surface area contributed by atoms with Crippen molar-refractivity contribution in [2.24, 2.45) is 4.99 Å². The predicted octanol–water partition coefficient (Wildman–Crippen LogP) is 5.86. The normalized spacial score (nSPS) is 11.0. The summed E-state index contributed by atoms with van der Waals surface area (Å²) < 4.78 is 0. The number of aliphatic imine (C=N–C) groups is 1. The number of carbonyl (C=O) groups is 1. The number of carbonyl (C=O) groups excluding carboxylic acids is 1. The molecular formula is C14H7Cl4NO. The van der Waals surface area contributed by atoms with Crippen LogP contribution in [-0.4, -0.2) is 12.5 Å². The summed E-state index contributed by atoms with van der Waals surface area (Å²) in [6, 6.07) is 8.11. The molecule has 0 N–H and O–H groups in total. The number of hydrogen-bond donors (Lipinski definition) is 0. The maximum atomic E-state index is 10.9. The molecule has 0 heterocycles.